The lowest BCUT2D eigenvalue weighted by atomic mass is 9.97. The average molecular weight is 279 g/mol. The Morgan fingerprint density at radius 1 is 0.895 bits per heavy atom. The monoisotopic (exact) mass is 279 g/mol. The van der Waals surface area contributed by atoms with Gasteiger partial charge in [0.05, 0.1) is 12.7 Å². The van der Waals surface area contributed by atoms with Crippen molar-refractivity contribution in [2.45, 2.75) is 56.5 Å². The van der Waals surface area contributed by atoms with Crippen molar-refractivity contribution in [1.29, 1.82) is 0 Å². The first kappa shape index (κ1) is 18.4. The smallest absolute Gasteiger partial charge is 0.195 e. The first-order valence-electron chi connectivity index (χ1n) is 6.52. The van der Waals surface area contributed by atoms with Crippen LogP contribution in [0.4, 0.5) is 0 Å². The minimum atomic E-state index is -1.90. The number of nitrogens with two attached hydrogens (primary N) is 1. The summed E-state index contributed by atoms with van der Waals surface area (Å²) in [6.07, 6.45) is -3.11. The molecule has 7 N–H and O–H groups in total. The fourth-order valence-corrected chi connectivity index (χ4v) is 1.66. The Hall–Kier alpha value is -0.570. The van der Waals surface area contributed by atoms with Crippen LogP contribution >= 0.6 is 0 Å². The molecule has 114 valence electrons. The Labute approximate surface area is 112 Å². The topological polar surface area (TPSA) is 144 Å². The Balaban J connectivity index is 4.03. The lowest BCUT2D eigenvalue weighted by Crippen LogP contribution is -2.46. The van der Waals surface area contributed by atoms with Crippen LogP contribution in [0.5, 0.6) is 0 Å². The summed E-state index contributed by atoms with van der Waals surface area (Å²) in [7, 11) is 0. The van der Waals surface area contributed by atoms with Crippen LogP contribution in [0.3, 0.4) is 0 Å². The van der Waals surface area contributed by atoms with E-state index in [0.717, 1.165) is 19.3 Å². The Morgan fingerprint density at radius 2 is 1.42 bits per heavy atom. The average Bonchev–Trinajstić information content (AvgIpc) is 2.43. The molecule has 0 amide bonds. The van der Waals surface area contributed by atoms with Gasteiger partial charge < -0.3 is 31.3 Å². The summed E-state index contributed by atoms with van der Waals surface area (Å²) in [5.74, 6) is -1.09. The van der Waals surface area contributed by atoms with Gasteiger partial charge in [0, 0.05) is 0 Å². The van der Waals surface area contributed by atoms with Crippen molar-refractivity contribution < 1.29 is 30.3 Å². The van der Waals surface area contributed by atoms with E-state index in [1.165, 1.54) is 0 Å². The van der Waals surface area contributed by atoms with Crippen molar-refractivity contribution in [1.82, 2.24) is 0 Å². The normalized spacial score (nSPS) is 17.8. The molecule has 0 aliphatic rings. The highest BCUT2D eigenvalue weighted by atomic mass is 16.4. The Morgan fingerprint density at radius 3 is 1.95 bits per heavy atom. The van der Waals surface area contributed by atoms with Gasteiger partial charge in [-0.15, -0.1) is 0 Å². The first-order chi connectivity index (χ1) is 8.95. The molecule has 4 atom stereocenters. The summed E-state index contributed by atoms with van der Waals surface area (Å²) in [5.41, 5.74) is 5.33. The molecule has 0 spiro atoms. The quantitative estimate of drug-likeness (QED) is 0.238. The van der Waals surface area contributed by atoms with E-state index in [-0.39, 0.29) is 6.42 Å². The number of Topliss-reactive ketones (excluding diaryl/α,β-unsaturated/α-hetero) is 1. The fraction of sp³-hybridized carbons (Fsp3) is 0.917. The van der Waals surface area contributed by atoms with Crippen LogP contribution in [0, 0.1) is 0 Å². The zero-order valence-electron chi connectivity index (χ0n) is 11.0. The lowest BCUT2D eigenvalue weighted by molar-refractivity contribution is -0.149. The largest absolute Gasteiger partial charge is 0.394 e. The van der Waals surface area contributed by atoms with Crippen LogP contribution < -0.4 is 5.73 Å². The molecule has 0 aromatic rings. The molecule has 0 rings (SSSR count). The van der Waals surface area contributed by atoms with Crippen LogP contribution in [0.25, 0.3) is 0 Å². The van der Waals surface area contributed by atoms with Crippen LogP contribution in [0.15, 0.2) is 0 Å². The van der Waals surface area contributed by atoms with E-state index in [1.807, 2.05) is 0 Å². The number of hydrogen-bond donors (Lipinski definition) is 6. The molecule has 0 saturated carbocycles. The number of hydrogen-bond acceptors (Lipinski definition) is 7. The number of aliphatic hydroxyl groups excluding tert-OH is 5. The number of carbonyl (C=O) groups excluding carboxylic acids is 1. The molecule has 0 aliphatic heterocycles. The van der Waals surface area contributed by atoms with E-state index >= 15 is 0 Å². The third kappa shape index (κ3) is 6.95. The van der Waals surface area contributed by atoms with Crippen molar-refractivity contribution in [2.75, 3.05) is 13.2 Å². The standard InChI is InChI=1S/C12H25NO6/c13-6-4-2-1-3-5-8(15)10(17)12(19)11(18)9(16)7-14/h8-11,14-18H,1-7,13H2/t8?,9-,10+,11+/m1/s1. The van der Waals surface area contributed by atoms with Gasteiger partial charge >= 0.3 is 0 Å². The second-order valence-corrected chi connectivity index (χ2v) is 4.60. The fourth-order valence-electron chi connectivity index (χ4n) is 1.66. The molecule has 0 radical (unpaired) electrons. The van der Waals surface area contributed by atoms with Crippen molar-refractivity contribution in [3.8, 4) is 0 Å². The molecule has 0 bridgehead atoms. The minimum absolute atomic E-state index is 0.222. The minimum Gasteiger partial charge on any atom is -0.394 e. The van der Waals surface area contributed by atoms with Gasteiger partial charge in [-0.05, 0) is 19.4 Å². The summed E-state index contributed by atoms with van der Waals surface area (Å²) in [6.45, 7) is -0.191. The maximum atomic E-state index is 11.5. The third-order valence-corrected chi connectivity index (χ3v) is 2.95. The molecule has 0 aliphatic carbocycles. The highest BCUT2D eigenvalue weighted by Gasteiger charge is 2.32. The number of aliphatic hydroxyl groups is 5. The summed E-state index contributed by atoms with van der Waals surface area (Å²) in [6, 6.07) is 0. The molecule has 0 aromatic heterocycles. The van der Waals surface area contributed by atoms with E-state index in [0.29, 0.717) is 13.0 Å². The third-order valence-electron chi connectivity index (χ3n) is 2.95. The van der Waals surface area contributed by atoms with Gasteiger partial charge in [0.2, 0.25) is 0 Å². The molecular formula is C12H25NO6. The molecule has 0 saturated heterocycles. The molecule has 0 fully saturated rings. The maximum absolute atomic E-state index is 11.5. The summed E-state index contributed by atoms with van der Waals surface area (Å²) in [5, 5.41) is 46.1. The van der Waals surface area contributed by atoms with Crippen LogP contribution in [0.1, 0.15) is 32.1 Å². The highest BCUT2D eigenvalue weighted by molar-refractivity contribution is 5.88. The SMILES string of the molecule is NCCCCCCC(O)[C@H](O)C(=O)[C@@H](O)[C@H](O)CO. The predicted octanol–water partition coefficient (Wildman–Crippen LogP) is -2.10. The van der Waals surface area contributed by atoms with Gasteiger partial charge in [0.1, 0.15) is 18.3 Å². The van der Waals surface area contributed by atoms with E-state index < -0.39 is 36.8 Å². The second kappa shape index (κ2) is 10.2. The number of rotatable bonds is 11. The van der Waals surface area contributed by atoms with Gasteiger partial charge in [0.25, 0.3) is 0 Å². The first-order valence-corrected chi connectivity index (χ1v) is 6.52. The van der Waals surface area contributed by atoms with Crippen LogP contribution in [0.2, 0.25) is 0 Å². The molecule has 0 heterocycles. The molecule has 19 heavy (non-hydrogen) atoms. The maximum Gasteiger partial charge on any atom is 0.195 e. The van der Waals surface area contributed by atoms with E-state index in [2.05, 4.69) is 0 Å². The van der Waals surface area contributed by atoms with Gasteiger partial charge in [-0.1, -0.05) is 19.3 Å². The van der Waals surface area contributed by atoms with Crippen molar-refractivity contribution in [3.05, 3.63) is 0 Å². The number of ketones is 1. The van der Waals surface area contributed by atoms with Gasteiger partial charge in [-0.3, -0.25) is 4.79 Å². The molecule has 1 unspecified atom stereocenters. The van der Waals surface area contributed by atoms with Crippen LogP contribution in [-0.2, 0) is 4.79 Å². The van der Waals surface area contributed by atoms with Crippen LogP contribution in [-0.4, -0.2) is 68.9 Å². The molecular weight excluding hydrogens is 254 g/mol. The summed E-state index contributed by atoms with van der Waals surface area (Å²) >= 11 is 0. The lowest BCUT2D eigenvalue weighted by Gasteiger charge is -2.21. The number of unbranched alkanes of at least 4 members (excludes halogenated alkanes) is 3. The molecule has 7 nitrogen and oxygen atoms in total. The van der Waals surface area contributed by atoms with E-state index in [9.17, 15) is 20.1 Å². The molecule has 0 aromatic carbocycles. The van der Waals surface area contributed by atoms with Gasteiger partial charge in [0.15, 0.2) is 5.78 Å². The zero-order valence-corrected chi connectivity index (χ0v) is 11.0. The summed E-state index contributed by atoms with van der Waals surface area (Å²) in [4.78, 5) is 11.5. The molecule has 7 heteroatoms. The second-order valence-electron chi connectivity index (χ2n) is 4.60. The van der Waals surface area contributed by atoms with E-state index in [4.69, 9.17) is 15.9 Å². The Kier molecular flexibility index (Phi) is 9.94. The van der Waals surface area contributed by atoms with Gasteiger partial charge in [-0.2, -0.15) is 0 Å². The van der Waals surface area contributed by atoms with E-state index in [1.54, 1.807) is 0 Å². The highest BCUT2D eigenvalue weighted by Crippen LogP contribution is 2.11. The zero-order chi connectivity index (χ0) is 14.8. The van der Waals surface area contributed by atoms with Crippen molar-refractivity contribution in [2.24, 2.45) is 5.73 Å². The Bertz CT molecular complexity index is 250. The van der Waals surface area contributed by atoms with Gasteiger partial charge in [-0.25, -0.2) is 0 Å². The van der Waals surface area contributed by atoms with Crippen molar-refractivity contribution in [3.63, 3.8) is 0 Å². The van der Waals surface area contributed by atoms with Crippen molar-refractivity contribution >= 4 is 5.78 Å². The predicted molar refractivity (Wildman–Crippen MR) is 68.3 cm³/mol. The number of carbonyl (C=O) groups is 1. The summed E-state index contributed by atoms with van der Waals surface area (Å²) < 4.78 is 0.